The molecule has 1 aliphatic carbocycles. The van der Waals surface area contributed by atoms with Gasteiger partial charge in [0, 0.05) is 23.9 Å². The molecule has 2 bridgehead atoms. The van der Waals surface area contributed by atoms with E-state index in [1.165, 1.54) is 22.3 Å². The number of fused-ring (bicyclic) bond motifs is 5. The third kappa shape index (κ3) is 3.53. The summed E-state index contributed by atoms with van der Waals surface area (Å²) >= 11 is 0. The number of aromatic nitrogens is 2. The van der Waals surface area contributed by atoms with E-state index < -0.39 is 0 Å². The van der Waals surface area contributed by atoms with Crippen molar-refractivity contribution in [2.45, 2.75) is 24.4 Å². The Morgan fingerprint density at radius 1 is 1.03 bits per heavy atom. The number of morpholine rings is 1. The van der Waals surface area contributed by atoms with Crippen molar-refractivity contribution in [2.24, 2.45) is 0 Å². The molecule has 2 aromatic carbocycles. The van der Waals surface area contributed by atoms with E-state index in [-0.39, 0.29) is 24.1 Å². The minimum absolute atomic E-state index is 0.0415. The molecule has 7 heteroatoms. The van der Waals surface area contributed by atoms with Crippen molar-refractivity contribution in [1.82, 2.24) is 14.9 Å². The van der Waals surface area contributed by atoms with Crippen LogP contribution in [0.5, 0.6) is 6.01 Å². The first-order chi connectivity index (χ1) is 16.7. The number of carbonyl (C=O) groups excluding carboxylic acids is 1. The summed E-state index contributed by atoms with van der Waals surface area (Å²) < 4.78 is 16.8. The van der Waals surface area contributed by atoms with Crippen molar-refractivity contribution in [2.75, 3.05) is 26.9 Å². The Labute approximate surface area is 198 Å². The molecule has 2 aliphatic heterocycles. The lowest BCUT2D eigenvalue weighted by Crippen LogP contribution is -2.56. The second-order valence-corrected chi connectivity index (χ2v) is 8.82. The molecule has 34 heavy (non-hydrogen) atoms. The predicted molar refractivity (Wildman–Crippen MR) is 126 cm³/mol. The van der Waals surface area contributed by atoms with E-state index in [4.69, 9.17) is 14.2 Å². The minimum Gasteiger partial charge on any atom is -0.467 e. The van der Waals surface area contributed by atoms with Crippen LogP contribution in [-0.2, 0) is 9.47 Å². The maximum atomic E-state index is 13.3. The summed E-state index contributed by atoms with van der Waals surface area (Å²) in [6.07, 6.45) is 5.97. The van der Waals surface area contributed by atoms with Gasteiger partial charge in [0.05, 0.1) is 32.4 Å². The van der Waals surface area contributed by atoms with Crippen LogP contribution in [0.25, 0.3) is 16.7 Å². The highest BCUT2D eigenvalue weighted by atomic mass is 16.6. The van der Waals surface area contributed by atoms with Gasteiger partial charge in [0.25, 0.3) is 0 Å². The van der Waals surface area contributed by atoms with Gasteiger partial charge in [0.1, 0.15) is 6.61 Å². The maximum absolute atomic E-state index is 13.3. The van der Waals surface area contributed by atoms with Crippen molar-refractivity contribution >= 4 is 11.7 Å². The van der Waals surface area contributed by atoms with Gasteiger partial charge >= 0.3 is 12.1 Å². The first-order valence-electron chi connectivity index (χ1n) is 11.5. The molecule has 1 fully saturated rings. The Morgan fingerprint density at radius 2 is 1.71 bits per heavy atom. The molecule has 6 rings (SSSR count). The number of carbonyl (C=O) groups is 1. The van der Waals surface area contributed by atoms with E-state index in [0.717, 1.165) is 11.1 Å². The second kappa shape index (κ2) is 8.57. The molecule has 0 N–H and O–H groups in total. The zero-order valence-corrected chi connectivity index (χ0v) is 18.9. The summed E-state index contributed by atoms with van der Waals surface area (Å²) in [7, 11) is 1.54. The average molecular weight is 456 g/mol. The maximum Gasteiger partial charge on any atom is 0.410 e. The SMILES string of the molecule is COc1ncc(C2=CC3COCC(C2)N3C(=O)OCC2c3ccccc3-c3ccccc32)cn1. The Kier molecular flexibility index (Phi) is 5.26. The lowest BCUT2D eigenvalue weighted by atomic mass is 9.91. The van der Waals surface area contributed by atoms with E-state index in [0.29, 0.717) is 32.3 Å². The van der Waals surface area contributed by atoms with Gasteiger partial charge < -0.3 is 14.2 Å². The Bertz CT molecular complexity index is 1210. The van der Waals surface area contributed by atoms with Crippen LogP contribution in [-0.4, -0.2) is 60.0 Å². The van der Waals surface area contributed by atoms with Crippen LogP contribution in [0.4, 0.5) is 4.79 Å². The average Bonchev–Trinajstić information content (AvgIpc) is 3.20. The number of methoxy groups -OCH3 is 1. The number of amides is 1. The van der Waals surface area contributed by atoms with Crippen LogP contribution in [0.1, 0.15) is 29.0 Å². The van der Waals surface area contributed by atoms with Crippen molar-refractivity contribution in [3.63, 3.8) is 0 Å². The molecule has 1 amide bonds. The summed E-state index contributed by atoms with van der Waals surface area (Å²) in [4.78, 5) is 23.6. The van der Waals surface area contributed by atoms with Crippen LogP contribution in [0, 0.1) is 0 Å². The molecule has 0 radical (unpaired) electrons. The monoisotopic (exact) mass is 455 g/mol. The van der Waals surface area contributed by atoms with Crippen LogP contribution in [0.2, 0.25) is 0 Å². The molecular weight excluding hydrogens is 430 g/mol. The Morgan fingerprint density at radius 3 is 2.35 bits per heavy atom. The molecule has 2 atom stereocenters. The number of rotatable bonds is 4. The van der Waals surface area contributed by atoms with Gasteiger partial charge in [-0.3, -0.25) is 4.90 Å². The number of nitrogens with zero attached hydrogens (tertiary/aromatic N) is 3. The zero-order valence-electron chi connectivity index (χ0n) is 18.9. The van der Waals surface area contributed by atoms with Crippen LogP contribution in [0.3, 0.4) is 0 Å². The summed E-state index contributed by atoms with van der Waals surface area (Å²) in [5, 5.41) is 0. The van der Waals surface area contributed by atoms with Gasteiger partial charge in [0.15, 0.2) is 0 Å². The van der Waals surface area contributed by atoms with E-state index in [1.54, 1.807) is 19.5 Å². The lowest BCUT2D eigenvalue weighted by Gasteiger charge is -2.43. The third-order valence-electron chi connectivity index (χ3n) is 6.93. The highest BCUT2D eigenvalue weighted by Gasteiger charge is 2.40. The largest absolute Gasteiger partial charge is 0.467 e. The van der Waals surface area contributed by atoms with Gasteiger partial charge in [0.2, 0.25) is 0 Å². The first-order valence-corrected chi connectivity index (χ1v) is 11.5. The molecule has 172 valence electrons. The minimum atomic E-state index is -0.290. The Balaban J connectivity index is 1.20. The molecule has 3 aliphatic rings. The molecule has 7 nitrogen and oxygen atoms in total. The molecule has 2 unspecified atom stereocenters. The van der Waals surface area contributed by atoms with Gasteiger partial charge in [-0.2, -0.15) is 0 Å². The fourth-order valence-corrected chi connectivity index (χ4v) is 5.35. The van der Waals surface area contributed by atoms with Crippen LogP contribution in [0.15, 0.2) is 67.0 Å². The van der Waals surface area contributed by atoms with Gasteiger partial charge in [-0.1, -0.05) is 54.6 Å². The zero-order chi connectivity index (χ0) is 23.1. The highest BCUT2D eigenvalue weighted by molar-refractivity contribution is 5.79. The molecule has 3 heterocycles. The number of hydrogen-bond acceptors (Lipinski definition) is 6. The smallest absolute Gasteiger partial charge is 0.410 e. The fraction of sp³-hybridized carbons (Fsp3) is 0.296. The van der Waals surface area contributed by atoms with E-state index in [9.17, 15) is 4.79 Å². The van der Waals surface area contributed by atoms with Crippen LogP contribution >= 0.6 is 0 Å². The standard InChI is InChI=1S/C27H25N3O4/c1-32-26-28-12-18(13-29-26)17-10-19-14-33-15-20(11-17)30(19)27(31)34-16-25-23-8-4-2-6-21(23)22-7-3-5-9-24(22)25/h2-10,12-13,19-20,25H,11,14-16H2,1H3. The summed E-state index contributed by atoms with van der Waals surface area (Å²) in [5.74, 6) is 0.0415. The van der Waals surface area contributed by atoms with E-state index in [1.807, 2.05) is 17.0 Å². The summed E-state index contributed by atoms with van der Waals surface area (Å²) in [6.45, 7) is 1.24. The van der Waals surface area contributed by atoms with Gasteiger partial charge in [-0.15, -0.1) is 0 Å². The number of benzene rings is 2. The molecule has 0 saturated carbocycles. The number of ether oxygens (including phenoxy) is 3. The summed E-state index contributed by atoms with van der Waals surface area (Å²) in [5.41, 5.74) is 6.91. The molecule has 1 aromatic heterocycles. The second-order valence-electron chi connectivity index (χ2n) is 8.82. The van der Waals surface area contributed by atoms with Gasteiger partial charge in [-0.25, -0.2) is 14.8 Å². The van der Waals surface area contributed by atoms with E-state index >= 15 is 0 Å². The highest BCUT2D eigenvalue weighted by Crippen LogP contribution is 2.44. The molecule has 1 saturated heterocycles. The Hall–Kier alpha value is -3.71. The summed E-state index contributed by atoms with van der Waals surface area (Å²) in [6, 6.07) is 16.8. The van der Waals surface area contributed by atoms with Crippen molar-refractivity contribution in [3.05, 3.63) is 83.7 Å². The molecule has 0 spiro atoms. The van der Waals surface area contributed by atoms with Crippen molar-refractivity contribution < 1.29 is 19.0 Å². The predicted octanol–water partition coefficient (Wildman–Crippen LogP) is 4.29. The first kappa shape index (κ1) is 20.9. The number of hydrogen-bond donors (Lipinski definition) is 0. The van der Waals surface area contributed by atoms with Crippen molar-refractivity contribution in [3.8, 4) is 17.1 Å². The van der Waals surface area contributed by atoms with Crippen molar-refractivity contribution in [1.29, 1.82) is 0 Å². The lowest BCUT2D eigenvalue weighted by molar-refractivity contribution is -0.0331. The fourth-order valence-electron chi connectivity index (χ4n) is 5.35. The molecular formula is C27H25N3O4. The quantitative estimate of drug-likeness (QED) is 0.584. The van der Waals surface area contributed by atoms with Crippen LogP contribution < -0.4 is 4.74 Å². The normalized spacial score (nSPS) is 20.9. The topological polar surface area (TPSA) is 73.8 Å². The molecule has 3 aromatic rings. The van der Waals surface area contributed by atoms with Gasteiger partial charge in [-0.05, 0) is 34.2 Å². The third-order valence-corrected chi connectivity index (χ3v) is 6.93. The van der Waals surface area contributed by atoms with E-state index in [2.05, 4.69) is 52.4 Å².